The minimum atomic E-state index is -1.01. The Balaban J connectivity index is 2.26. The molecule has 0 saturated carbocycles. The molecule has 1 aliphatic rings. The van der Waals surface area contributed by atoms with Crippen LogP contribution in [0.2, 0.25) is 0 Å². The summed E-state index contributed by atoms with van der Waals surface area (Å²) in [6, 6.07) is 2.69. The van der Waals surface area contributed by atoms with Gasteiger partial charge in [0.2, 0.25) is 0 Å². The first kappa shape index (κ1) is 13.9. The van der Waals surface area contributed by atoms with Crippen LogP contribution in [0.5, 0.6) is 0 Å². The summed E-state index contributed by atoms with van der Waals surface area (Å²) in [6.45, 7) is 0.215. The van der Waals surface area contributed by atoms with Crippen molar-refractivity contribution < 1.29 is 24.0 Å². The van der Waals surface area contributed by atoms with E-state index in [1.807, 2.05) is 0 Å². The molecule has 0 spiro atoms. The molecule has 0 bridgehead atoms. The number of likely N-dealkylation sites (tertiary alicyclic amines) is 1. The first-order chi connectivity index (χ1) is 9.40. The fourth-order valence-corrected chi connectivity index (χ4v) is 2.15. The van der Waals surface area contributed by atoms with E-state index in [9.17, 15) is 24.1 Å². The smallest absolute Gasteiger partial charge is 0.308 e. The average Bonchev–Trinajstić information content (AvgIpc) is 2.87. The molecule has 1 N–H and O–H groups in total. The number of nitro groups is 1. The Morgan fingerprint density at radius 1 is 1.45 bits per heavy atom. The Kier molecular flexibility index (Phi) is 3.64. The summed E-state index contributed by atoms with van der Waals surface area (Å²) in [4.78, 5) is 34.2. The van der Waals surface area contributed by atoms with Crippen molar-refractivity contribution >= 4 is 17.6 Å². The second-order valence-corrected chi connectivity index (χ2v) is 4.49. The van der Waals surface area contributed by atoms with Crippen LogP contribution in [0.4, 0.5) is 10.1 Å². The number of amides is 1. The molecule has 0 radical (unpaired) electrons. The van der Waals surface area contributed by atoms with Crippen LogP contribution in [0.15, 0.2) is 18.2 Å². The highest BCUT2D eigenvalue weighted by atomic mass is 19.1. The van der Waals surface area contributed by atoms with Crippen molar-refractivity contribution in [3.05, 3.63) is 39.7 Å². The Morgan fingerprint density at radius 3 is 2.70 bits per heavy atom. The van der Waals surface area contributed by atoms with Gasteiger partial charge in [0.05, 0.1) is 16.9 Å². The SMILES string of the molecule is O=C(O)C1CCN(C(=O)c2ccc(F)cc2[N+](=O)[O-])C1. The molecule has 7 nitrogen and oxygen atoms in total. The molecule has 20 heavy (non-hydrogen) atoms. The normalized spacial score (nSPS) is 18.1. The molecule has 106 valence electrons. The molecule has 0 aliphatic carbocycles. The molecule has 1 fully saturated rings. The molecule has 2 rings (SSSR count). The standard InChI is InChI=1S/C12H11FN2O5/c13-8-1-2-9(10(5-8)15(19)20)11(16)14-4-3-7(6-14)12(17)18/h1-2,5,7H,3-4,6H2,(H,17,18). The van der Waals surface area contributed by atoms with Gasteiger partial charge in [-0.15, -0.1) is 0 Å². The molecule has 1 unspecified atom stereocenters. The van der Waals surface area contributed by atoms with E-state index in [0.717, 1.165) is 12.1 Å². The quantitative estimate of drug-likeness (QED) is 0.664. The van der Waals surface area contributed by atoms with Crippen molar-refractivity contribution in [3.63, 3.8) is 0 Å². The number of nitrogens with zero attached hydrogens (tertiary/aromatic N) is 2. The maximum atomic E-state index is 13.0. The number of hydrogen-bond donors (Lipinski definition) is 1. The minimum absolute atomic E-state index is 0.00268. The van der Waals surface area contributed by atoms with Crippen LogP contribution in [0, 0.1) is 21.8 Å². The lowest BCUT2D eigenvalue weighted by molar-refractivity contribution is -0.385. The van der Waals surface area contributed by atoms with Crippen LogP contribution in [0.1, 0.15) is 16.8 Å². The van der Waals surface area contributed by atoms with Crippen LogP contribution in [0.25, 0.3) is 0 Å². The third kappa shape index (κ3) is 2.58. The maximum absolute atomic E-state index is 13.0. The Labute approximate surface area is 112 Å². The van der Waals surface area contributed by atoms with Crippen molar-refractivity contribution in [2.75, 3.05) is 13.1 Å². The molecule has 1 saturated heterocycles. The van der Waals surface area contributed by atoms with E-state index in [0.29, 0.717) is 12.5 Å². The van der Waals surface area contributed by atoms with E-state index in [4.69, 9.17) is 5.11 Å². The zero-order valence-corrected chi connectivity index (χ0v) is 10.3. The van der Waals surface area contributed by atoms with Gasteiger partial charge in [0.25, 0.3) is 11.6 Å². The number of hydrogen-bond acceptors (Lipinski definition) is 4. The topological polar surface area (TPSA) is 101 Å². The van der Waals surface area contributed by atoms with E-state index in [1.54, 1.807) is 0 Å². The highest BCUT2D eigenvalue weighted by Gasteiger charge is 2.33. The maximum Gasteiger partial charge on any atom is 0.308 e. The molecular formula is C12H11FN2O5. The number of halogens is 1. The number of carbonyl (C=O) groups is 2. The largest absolute Gasteiger partial charge is 0.481 e. The Hall–Kier alpha value is -2.51. The highest BCUT2D eigenvalue weighted by Crippen LogP contribution is 2.25. The van der Waals surface area contributed by atoms with Crippen molar-refractivity contribution in [1.29, 1.82) is 0 Å². The zero-order chi connectivity index (χ0) is 14.9. The number of rotatable bonds is 3. The summed E-state index contributed by atoms with van der Waals surface area (Å²) < 4.78 is 13.0. The van der Waals surface area contributed by atoms with Gasteiger partial charge < -0.3 is 10.0 Å². The fraction of sp³-hybridized carbons (Fsp3) is 0.333. The van der Waals surface area contributed by atoms with Gasteiger partial charge >= 0.3 is 5.97 Å². The molecule has 1 aliphatic heterocycles. The summed E-state index contributed by atoms with van der Waals surface area (Å²) in [5.74, 6) is -3.13. The van der Waals surface area contributed by atoms with Gasteiger partial charge in [-0.1, -0.05) is 0 Å². The lowest BCUT2D eigenvalue weighted by Crippen LogP contribution is -2.30. The van der Waals surface area contributed by atoms with Crippen molar-refractivity contribution in [2.24, 2.45) is 5.92 Å². The van der Waals surface area contributed by atoms with Crippen LogP contribution >= 0.6 is 0 Å². The molecule has 1 aromatic carbocycles. The second-order valence-electron chi connectivity index (χ2n) is 4.49. The first-order valence-electron chi connectivity index (χ1n) is 5.86. The first-order valence-corrected chi connectivity index (χ1v) is 5.86. The number of aliphatic carboxylic acids is 1. The van der Waals surface area contributed by atoms with Crippen LogP contribution in [-0.4, -0.2) is 39.9 Å². The van der Waals surface area contributed by atoms with Crippen LogP contribution in [0.3, 0.4) is 0 Å². The van der Waals surface area contributed by atoms with Crippen LogP contribution < -0.4 is 0 Å². The number of benzene rings is 1. The number of carboxylic acids is 1. The van der Waals surface area contributed by atoms with Crippen molar-refractivity contribution in [1.82, 2.24) is 4.90 Å². The predicted molar refractivity (Wildman–Crippen MR) is 64.7 cm³/mol. The number of carboxylic acid groups (broad SMARTS) is 1. The lowest BCUT2D eigenvalue weighted by Gasteiger charge is -2.15. The molecule has 1 aromatic rings. The van der Waals surface area contributed by atoms with Crippen molar-refractivity contribution in [2.45, 2.75) is 6.42 Å². The van der Waals surface area contributed by atoms with Crippen molar-refractivity contribution in [3.8, 4) is 0 Å². The van der Waals surface area contributed by atoms with Crippen LogP contribution in [-0.2, 0) is 4.79 Å². The van der Waals surface area contributed by atoms with E-state index in [2.05, 4.69) is 0 Å². The Morgan fingerprint density at radius 2 is 2.15 bits per heavy atom. The number of nitro benzene ring substituents is 1. The molecule has 8 heteroatoms. The highest BCUT2D eigenvalue weighted by molar-refractivity contribution is 5.98. The second kappa shape index (κ2) is 5.24. The Bertz CT molecular complexity index is 589. The third-order valence-electron chi connectivity index (χ3n) is 3.21. The van der Waals surface area contributed by atoms with E-state index in [-0.39, 0.29) is 18.7 Å². The average molecular weight is 282 g/mol. The lowest BCUT2D eigenvalue weighted by atomic mass is 10.1. The van der Waals surface area contributed by atoms with E-state index in [1.165, 1.54) is 4.90 Å². The minimum Gasteiger partial charge on any atom is -0.481 e. The molecule has 1 atom stereocenters. The van der Waals surface area contributed by atoms with Gasteiger partial charge in [-0.25, -0.2) is 4.39 Å². The van der Waals surface area contributed by atoms with Gasteiger partial charge in [0.1, 0.15) is 11.4 Å². The van der Waals surface area contributed by atoms with Gasteiger partial charge in [-0.3, -0.25) is 19.7 Å². The van der Waals surface area contributed by atoms with Gasteiger partial charge in [0, 0.05) is 13.1 Å². The summed E-state index contributed by atoms with van der Waals surface area (Å²) in [7, 11) is 0. The monoisotopic (exact) mass is 282 g/mol. The number of carbonyl (C=O) groups excluding carboxylic acids is 1. The van der Waals surface area contributed by atoms with E-state index >= 15 is 0 Å². The van der Waals surface area contributed by atoms with Gasteiger partial charge in [-0.2, -0.15) is 0 Å². The van der Waals surface area contributed by atoms with Gasteiger partial charge in [-0.05, 0) is 18.6 Å². The predicted octanol–water partition coefficient (Wildman–Crippen LogP) is 1.28. The molecule has 1 amide bonds. The third-order valence-corrected chi connectivity index (χ3v) is 3.21. The summed E-state index contributed by atoms with van der Waals surface area (Å²) >= 11 is 0. The summed E-state index contributed by atoms with van der Waals surface area (Å²) in [6.07, 6.45) is 0.302. The van der Waals surface area contributed by atoms with E-state index < -0.39 is 34.2 Å². The summed E-state index contributed by atoms with van der Waals surface area (Å²) in [5, 5.41) is 19.7. The molecule has 0 aromatic heterocycles. The summed E-state index contributed by atoms with van der Waals surface area (Å²) in [5.41, 5.74) is -0.851. The molecular weight excluding hydrogens is 271 g/mol. The van der Waals surface area contributed by atoms with Gasteiger partial charge in [0.15, 0.2) is 0 Å². The zero-order valence-electron chi connectivity index (χ0n) is 10.3. The molecule has 1 heterocycles. The fourth-order valence-electron chi connectivity index (χ4n) is 2.15.